The van der Waals surface area contributed by atoms with E-state index in [0.29, 0.717) is 18.1 Å². The number of hydrogen-bond acceptors (Lipinski definition) is 6. The quantitative estimate of drug-likeness (QED) is 0.390. The molecule has 0 N–H and O–H groups in total. The molecule has 0 saturated carbocycles. The molecular weight excluding hydrogens is 394 g/mol. The summed E-state index contributed by atoms with van der Waals surface area (Å²) in [4.78, 5) is 4.60. The number of thioether (sulfide) groups is 1. The average Bonchev–Trinajstić information content (AvgIpc) is 3.37. The molecule has 30 heavy (non-hydrogen) atoms. The minimum Gasteiger partial charge on any atom is -0.338 e. The maximum atomic E-state index is 5.53. The lowest BCUT2D eigenvalue weighted by Gasteiger charge is -2.12. The minimum atomic E-state index is -0.154. The van der Waals surface area contributed by atoms with Crippen LogP contribution in [0.4, 0.5) is 0 Å². The Balaban J connectivity index is 1.65. The highest BCUT2D eigenvalue weighted by molar-refractivity contribution is 7.99. The largest absolute Gasteiger partial charge is 0.338 e. The van der Waals surface area contributed by atoms with Gasteiger partial charge in [0.1, 0.15) is 5.82 Å². The molecule has 154 valence electrons. The first-order valence-electron chi connectivity index (χ1n) is 9.96. The van der Waals surface area contributed by atoms with Gasteiger partial charge in [0.2, 0.25) is 5.89 Å². The van der Waals surface area contributed by atoms with Crippen LogP contribution >= 0.6 is 11.8 Å². The van der Waals surface area contributed by atoms with Crippen molar-refractivity contribution in [2.75, 3.05) is 0 Å². The van der Waals surface area contributed by atoms with Gasteiger partial charge in [-0.25, -0.2) is 0 Å². The predicted molar refractivity (Wildman–Crippen MR) is 118 cm³/mol. The van der Waals surface area contributed by atoms with Crippen LogP contribution in [0, 0.1) is 0 Å². The van der Waals surface area contributed by atoms with Crippen LogP contribution in [0.15, 0.2) is 70.3 Å². The Kier molecular flexibility index (Phi) is 5.72. The maximum absolute atomic E-state index is 5.53. The second-order valence-electron chi connectivity index (χ2n) is 8.20. The number of benzene rings is 2. The molecule has 7 heteroatoms. The van der Waals surface area contributed by atoms with E-state index in [9.17, 15) is 0 Å². The van der Waals surface area contributed by atoms with Gasteiger partial charge in [-0.05, 0) is 24.6 Å². The van der Waals surface area contributed by atoms with Crippen LogP contribution in [0.25, 0.3) is 5.69 Å². The van der Waals surface area contributed by atoms with Gasteiger partial charge in [-0.2, -0.15) is 4.98 Å². The van der Waals surface area contributed by atoms with Crippen molar-refractivity contribution < 1.29 is 4.52 Å². The number of para-hydroxylation sites is 1. The minimum absolute atomic E-state index is 0.0511. The van der Waals surface area contributed by atoms with E-state index in [2.05, 4.69) is 69.9 Å². The molecule has 0 bridgehead atoms. The smallest absolute Gasteiger partial charge is 0.239 e. The third kappa shape index (κ3) is 4.46. The summed E-state index contributed by atoms with van der Waals surface area (Å²) in [6, 6.07) is 20.5. The molecule has 0 spiro atoms. The molecule has 0 fully saturated rings. The zero-order chi connectivity index (χ0) is 21.1. The Morgan fingerprint density at radius 2 is 1.63 bits per heavy atom. The summed E-state index contributed by atoms with van der Waals surface area (Å²) in [6.45, 7) is 8.26. The molecule has 6 nitrogen and oxygen atoms in total. The van der Waals surface area contributed by atoms with Crippen molar-refractivity contribution >= 4 is 11.8 Å². The van der Waals surface area contributed by atoms with Crippen molar-refractivity contribution in [2.24, 2.45) is 0 Å². The fourth-order valence-electron chi connectivity index (χ4n) is 3.02. The summed E-state index contributed by atoms with van der Waals surface area (Å²) in [5.41, 5.74) is 2.07. The highest BCUT2D eigenvalue weighted by Crippen LogP contribution is 2.35. The average molecular weight is 420 g/mol. The van der Waals surface area contributed by atoms with E-state index in [0.717, 1.165) is 16.7 Å². The summed E-state index contributed by atoms with van der Waals surface area (Å²) in [6.07, 6.45) is 0.701. The van der Waals surface area contributed by atoms with Crippen LogP contribution in [0.1, 0.15) is 56.0 Å². The number of nitrogens with zero attached hydrogens (tertiary/aromatic N) is 5. The molecule has 0 amide bonds. The molecule has 2 aromatic heterocycles. The molecule has 0 aliphatic carbocycles. The summed E-state index contributed by atoms with van der Waals surface area (Å²) in [5.74, 6) is 2.19. The Labute approximate surface area is 180 Å². The fraction of sp³-hybridized carbons (Fsp3) is 0.304. The van der Waals surface area contributed by atoms with Crippen LogP contribution in [0.3, 0.4) is 0 Å². The second kappa shape index (κ2) is 8.44. The SMILES string of the molecule is CC(Sc1nnc(Cc2ccccc2)n1-c1ccccc1)c1nc(C(C)(C)C)no1. The lowest BCUT2D eigenvalue weighted by atomic mass is 9.96. The molecule has 4 aromatic rings. The van der Waals surface area contributed by atoms with Crippen LogP contribution in [0.5, 0.6) is 0 Å². The number of aromatic nitrogens is 5. The monoisotopic (exact) mass is 419 g/mol. The van der Waals surface area contributed by atoms with Gasteiger partial charge in [0.25, 0.3) is 0 Å². The van der Waals surface area contributed by atoms with Crippen molar-refractivity contribution in [3.05, 3.63) is 83.8 Å². The zero-order valence-corrected chi connectivity index (χ0v) is 18.4. The third-order valence-corrected chi connectivity index (χ3v) is 5.69. The van der Waals surface area contributed by atoms with Gasteiger partial charge in [-0.3, -0.25) is 4.57 Å². The molecule has 2 heterocycles. The van der Waals surface area contributed by atoms with E-state index in [4.69, 9.17) is 4.52 Å². The molecule has 2 aromatic carbocycles. The molecule has 0 aliphatic rings. The van der Waals surface area contributed by atoms with Crippen molar-refractivity contribution in [2.45, 2.75) is 49.9 Å². The van der Waals surface area contributed by atoms with Gasteiger partial charge < -0.3 is 4.52 Å². The molecule has 1 atom stereocenters. The Hall–Kier alpha value is -2.93. The third-order valence-electron chi connectivity index (χ3n) is 4.66. The van der Waals surface area contributed by atoms with Gasteiger partial charge in [-0.15, -0.1) is 10.2 Å². The Bertz CT molecular complexity index is 1100. The van der Waals surface area contributed by atoms with Gasteiger partial charge in [0.05, 0.1) is 5.25 Å². The normalized spacial score (nSPS) is 12.8. The van der Waals surface area contributed by atoms with Gasteiger partial charge in [-0.1, -0.05) is 86.2 Å². The fourth-order valence-corrected chi connectivity index (χ4v) is 3.94. The van der Waals surface area contributed by atoms with Crippen molar-refractivity contribution in [3.63, 3.8) is 0 Å². The highest BCUT2D eigenvalue weighted by Gasteiger charge is 2.25. The molecule has 0 aliphatic heterocycles. The van der Waals surface area contributed by atoms with E-state index in [1.54, 1.807) is 11.8 Å². The van der Waals surface area contributed by atoms with Crippen molar-refractivity contribution in [1.29, 1.82) is 0 Å². The lowest BCUT2D eigenvalue weighted by molar-refractivity contribution is 0.364. The zero-order valence-electron chi connectivity index (χ0n) is 17.6. The first-order valence-corrected chi connectivity index (χ1v) is 10.8. The maximum Gasteiger partial charge on any atom is 0.239 e. The molecule has 4 rings (SSSR count). The van der Waals surface area contributed by atoms with E-state index < -0.39 is 0 Å². The van der Waals surface area contributed by atoms with Crippen LogP contribution in [-0.4, -0.2) is 24.9 Å². The Morgan fingerprint density at radius 3 is 2.27 bits per heavy atom. The summed E-state index contributed by atoms with van der Waals surface area (Å²) < 4.78 is 7.64. The Morgan fingerprint density at radius 1 is 0.967 bits per heavy atom. The van der Waals surface area contributed by atoms with Crippen LogP contribution < -0.4 is 0 Å². The van der Waals surface area contributed by atoms with Crippen LogP contribution in [-0.2, 0) is 11.8 Å². The summed E-state index contributed by atoms with van der Waals surface area (Å²) in [5, 5.41) is 13.9. The molecule has 1 unspecified atom stereocenters. The summed E-state index contributed by atoms with van der Waals surface area (Å²) in [7, 11) is 0. The van der Waals surface area contributed by atoms with E-state index in [1.165, 1.54) is 5.56 Å². The number of rotatable bonds is 6. The summed E-state index contributed by atoms with van der Waals surface area (Å²) >= 11 is 1.57. The molecule has 0 radical (unpaired) electrons. The predicted octanol–water partition coefficient (Wildman–Crippen LogP) is 5.39. The first kappa shape index (κ1) is 20.3. The van der Waals surface area contributed by atoms with Gasteiger partial charge in [0, 0.05) is 17.5 Å². The first-order chi connectivity index (χ1) is 14.4. The second-order valence-corrected chi connectivity index (χ2v) is 9.51. The van der Waals surface area contributed by atoms with E-state index >= 15 is 0 Å². The molecular formula is C23H25N5OS. The van der Waals surface area contributed by atoms with Crippen LogP contribution in [0.2, 0.25) is 0 Å². The number of hydrogen-bond donors (Lipinski definition) is 0. The van der Waals surface area contributed by atoms with Crippen molar-refractivity contribution in [1.82, 2.24) is 24.9 Å². The van der Waals surface area contributed by atoms with E-state index in [1.807, 2.05) is 43.3 Å². The van der Waals surface area contributed by atoms with Crippen molar-refractivity contribution in [3.8, 4) is 5.69 Å². The highest BCUT2D eigenvalue weighted by atomic mass is 32.2. The standard InChI is InChI=1S/C23H25N5OS/c1-16(20-24-21(27-29-20)23(2,3)4)30-22-26-25-19(15-17-11-7-5-8-12-17)28(22)18-13-9-6-10-14-18/h5-14,16H,15H2,1-4H3. The van der Waals surface area contributed by atoms with Gasteiger partial charge >= 0.3 is 0 Å². The van der Waals surface area contributed by atoms with Gasteiger partial charge in [0.15, 0.2) is 11.0 Å². The topological polar surface area (TPSA) is 69.6 Å². The lowest BCUT2D eigenvalue weighted by Crippen LogP contribution is -2.13. The molecule has 0 saturated heterocycles. The van der Waals surface area contributed by atoms with E-state index in [-0.39, 0.29) is 10.7 Å².